The minimum Gasteiger partial charge on any atom is -0.481 e. The van der Waals surface area contributed by atoms with Crippen LogP contribution in [0, 0.1) is 28.9 Å². The molecule has 2 atom stereocenters. The second-order valence-electron chi connectivity index (χ2n) is 5.33. The lowest BCUT2D eigenvalue weighted by atomic mass is 9.96. The second-order valence-corrected chi connectivity index (χ2v) is 5.33. The highest BCUT2D eigenvalue weighted by molar-refractivity contribution is 5.70. The lowest BCUT2D eigenvalue weighted by Crippen LogP contribution is -2.24. The van der Waals surface area contributed by atoms with E-state index in [1.165, 1.54) is 12.1 Å². The summed E-state index contributed by atoms with van der Waals surface area (Å²) >= 11 is 0. The number of non-ortho nitro benzene ring substituents is 1. The van der Waals surface area contributed by atoms with E-state index in [0.717, 1.165) is 24.8 Å². The van der Waals surface area contributed by atoms with Crippen molar-refractivity contribution in [2.75, 3.05) is 11.9 Å². The lowest BCUT2D eigenvalue weighted by Gasteiger charge is -2.17. The van der Waals surface area contributed by atoms with Gasteiger partial charge in [-0.05, 0) is 37.3 Å². The van der Waals surface area contributed by atoms with E-state index in [2.05, 4.69) is 5.32 Å². The standard InChI is InChI=1S/C14H18N2O4/c1-9-5-11(7-12(6-9)16(19)20)15-8-10-3-2-4-13(10)14(17)18/h5-7,10,13,15H,2-4,8H2,1H3,(H,17,18). The van der Waals surface area contributed by atoms with Crippen LogP contribution in [0.2, 0.25) is 0 Å². The summed E-state index contributed by atoms with van der Waals surface area (Å²) < 4.78 is 0. The number of hydrogen-bond acceptors (Lipinski definition) is 4. The van der Waals surface area contributed by atoms with Crippen LogP contribution in [-0.4, -0.2) is 22.5 Å². The first kappa shape index (κ1) is 14.3. The Kier molecular flexibility index (Phi) is 4.22. The molecule has 1 aromatic carbocycles. The van der Waals surface area contributed by atoms with Crippen molar-refractivity contribution in [1.29, 1.82) is 0 Å². The molecule has 2 N–H and O–H groups in total. The van der Waals surface area contributed by atoms with Gasteiger partial charge in [0, 0.05) is 24.4 Å². The van der Waals surface area contributed by atoms with Gasteiger partial charge in [0.1, 0.15) is 0 Å². The Morgan fingerprint density at radius 2 is 2.20 bits per heavy atom. The molecule has 0 bridgehead atoms. The highest BCUT2D eigenvalue weighted by atomic mass is 16.6. The van der Waals surface area contributed by atoms with Crippen LogP contribution < -0.4 is 5.32 Å². The van der Waals surface area contributed by atoms with E-state index in [9.17, 15) is 14.9 Å². The first-order chi connectivity index (χ1) is 9.47. The molecule has 6 heteroatoms. The molecule has 1 fully saturated rings. The number of carboxylic acid groups (broad SMARTS) is 1. The number of nitro benzene ring substituents is 1. The highest BCUT2D eigenvalue weighted by Gasteiger charge is 2.32. The SMILES string of the molecule is Cc1cc(NCC2CCCC2C(=O)O)cc([N+](=O)[O-])c1. The maximum Gasteiger partial charge on any atom is 0.306 e. The summed E-state index contributed by atoms with van der Waals surface area (Å²) in [5.74, 6) is -0.959. The Morgan fingerprint density at radius 3 is 2.85 bits per heavy atom. The monoisotopic (exact) mass is 278 g/mol. The van der Waals surface area contributed by atoms with Gasteiger partial charge in [0.15, 0.2) is 0 Å². The third-order valence-electron chi connectivity index (χ3n) is 3.82. The fourth-order valence-corrected chi connectivity index (χ4v) is 2.83. The predicted octanol–water partition coefficient (Wildman–Crippen LogP) is 2.82. The highest BCUT2D eigenvalue weighted by Crippen LogP contribution is 2.32. The van der Waals surface area contributed by atoms with Gasteiger partial charge in [-0.3, -0.25) is 14.9 Å². The van der Waals surface area contributed by atoms with E-state index >= 15 is 0 Å². The summed E-state index contributed by atoms with van der Waals surface area (Å²) in [7, 11) is 0. The normalized spacial score (nSPS) is 21.6. The molecule has 0 saturated heterocycles. The van der Waals surface area contributed by atoms with Gasteiger partial charge < -0.3 is 10.4 Å². The Bertz CT molecular complexity index is 530. The van der Waals surface area contributed by atoms with Gasteiger partial charge in [-0.1, -0.05) is 6.42 Å². The summed E-state index contributed by atoms with van der Waals surface area (Å²) in [4.78, 5) is 21.5. The molecule has 0 radical (unpaired) electrons. The van der Waals surface area contributed by atoms with Crippen LogP contribution in [0.4, 0.5) is 11.4 Å². The molecule has 6 nitrogen and oxygen atoms in total. The van der Waals surface area contributed by atoms with Crippen molar-refractivity contribution in [2.24, 2.45) is 11.8 Å². The van der Waals surface area contributed by atoms with Crippen molar-refractivity contribution in [2.45, 2.75) is 26.2 Å². The molecule has 0 amide bonds. The number of aliphatic carboxylic acids is 1. The Labute approximate surface area is 117 Å². The fourth-order valence-electron chi connectivity index (χ4n) is 2.83. The second kappa shape index (κ2) is 5.90. The van der Waals surface area contributed by atoms with Crippen LogP contribution >= 0.6 is 0 Å². The van der Waals surface area contributed by atoms with Crippen LogP contribution in [0.25, 0.3) is 0 Å². The van der Waals surface area contributed by atoms with E-state index < -0.39 is 10.9 Å². The van der Waals surface area contributed by atoms with Gasteiger partial charge in [-0.2, -0.15) is 0 Å². The lowest BCUT2D eigenvalue weighted by molar-refractivity contribution is -0.384. The van der Waals surface area contributed by atoms with Crippen LogP contribution in [0.15, 0.2) is 18.2 Å². The topological polar surface area (TPSA) is 92.5 Å². The largest absolute Gasteiger partial charge is 0.481 e. The number of anilines is 1. The van der Waals surface area contributed by atoms with Crippen LogP contribution in [-0.2, 0) is 4.79 Å². The average Bonchev–Trinajstić information content (AvgIpc) is 2.84. The van der Waals surface area contributed by atoms with Gasteiger partial charge in [-0.25, -0.2) is 0 Å². The van der Waals surface area contributed by atoms with Gasteiger partial charge in [0.25, 0.3) is 5.69 Å². The number of carboxylic acids is 1. The van der Waals surface area contributed by atoms with Crippen LogP contribution in [0.5, 0.6) is 0 Å². The Balaban J connectivity index is 2.03. The van der Waals surface area contributed by atoms with Gasteiger partial charge in [0.05, 0.1) is 10.8 Å². The van der Waals surface area contributed by atoms with Crippen molar-refractivity contribution < 1.29 is 14.8 Å². The van der Waals surface area contributed by atoms with E-state index in [1.54, 1.807) is 6.92 Å². The molecule has 0 heterocycles. The molecule has 108 valence electrons. The fraction of sp³-hybridized carbons (Fsp3) is 0.500. The number of carbonyl (C=O) groups is 1. The summed E-state index contributed by atoms with van der Waals surface area (Å²) in [5, 5.41) is 23.1. The van der Waals surface area contributed by atoms with Gasteiger partial charge in [0.2, 0.25) is 0 Å². The number of nitro groups is 1. The number of benzene rings is 1. The van der Waals surface area contributed by atoms with E-state index in [0.29, 0.717) is 12.2 Å². The number of aryl methyl sites for hydroxylation is 1. The molecule has 1 aromatic rings. The number of hydrogen-bond donors (Lipinski definition) is 2. The van der Waals surface area contributed by atoms with Crippen molar-refractivity contribution >= 4 is 17.3 Å². The van der Waals surface area contributed by atoms with Gasteiger partial charge >= 0.3 is 5.97 Å². The molecule has 20 heavy (non-hydrogen) atoms. The third-order valence-corrected chi connectivity index (χ3v) is 3.82. The van der Waals surface area contributed by atoms with Gasteiger partial charge in [-0.15, -0.1) is 0 Å². The first-order valence-electron chi connectivity index (χ1n) is 6.70. The van der Waals surface area contributed by atoms with Crippen molar-refractivity contribution in [1.82, 2.24) is 0 Å². The molecule has 0 aliphatic heterocycles. The van der Waals surface area contributed by atoms with Crippen LogP contribution in [0.1, 0.15) is 24.8 Å². The van der Waals surface area contributed by atoms with E-state index in [1.807, 2.05) is 6.07 Å². The van der Waals surface area contributed by atoms with Crippen molar-refractivity contribution in [3.8, 4) is 0 Å². The van der Waals surface area contributed by atoms with Crippen molar-refractivity contribution in [3.05, 3.63) is 33.9 Å². The third kappa shape index (κ3) is 3.26. The molecule has 2 unspecified atom stereocenters. The zero-order chi connectivity index (χ0) is 14.7. The maximum absolute atomic E-state index is 11.1. The van der Waals surface area contributed by atoms with Crippen molar-refractivity contribution in [3.63, 3.8) is 0 Å². The number of nitrogens with one attached hydrogen (secondary N) is 1. The average molecular weight is 278 g/mol. The first-order valence-corrected chi connectivity index (χ1v) is 6.70. The molecule has 1 aliphatic rings. The number of nitrogens with zero attached hydrogens (tertiary/aromatic N) is 1. The molecule has 1 aliphatic carbocycles. The molecule has 2 rings (SSSR count). The smallest absolute Gasteiger partial charge is 0.306 e. The molecule has 1 saturated carbocycles. The minimum atomic E-state index is -0.746. The minimum absolute atomic E-state index is 0.0497. The molecular weight excluding hydrogens is 260 g/mol. The molecule has 0 spiro atoms. The number of rotatable bonds is 5. The summed E-state index contributed by atoms with van der Waals surface area (Å²) in [5.41, 5.74) is 1.53. The van der Waals surface area contributed by atoms with Crippen LogP contribution in [0.3, 0.4) is 0 Å². The maximum atomic E-state index is 11.1. The zero-order valence-electron chi connectivity index (χ0n) is 11.3. The Hall–Kier alpha value is -2.11. The molecular formula is C14H18N2O4. The van der Waals surface area contributed by atoms with E-state index in [-0.39, 0.29) is 17.5 Å². The Morgan fingerprint density at radius 1 is 1.45 bits per heavy atom. The zero-order valence-corrected chi connectivity index (χ0v) is 11.3. The summed E-state index contributed by atoms with van der Waals surface area (Å²) in [6, 6.07) is 4.83. The van der Waals surface area contributed by atoms with E-state index in [4.69, 9.17) is 5.11 Å². The summed E-state index contributed by atoms with van der Waals surface area (Å²) in [6.45, 7) is 2.34. The predicted molar refractivity (Wildman–Crippen MR) is 74.8 cm³/mol. The quantitative estimate of drug-likeness (QED) is 0.638. The summed E-state index contributed by atoms with van der Waals surface area (Å²) in [6.07, 6.45) is 2.53. The molecule has 0 aromatic heterocycles.